The van der Waals surface area contributed by atoms with E-state index in [1.54, 1.807) is 6.07 Å². The molecule has 0 unspecified atom stereocenters. The predicted molar refractivity (Wildman–Crippen MR) is 41.7 cm³/mol. The molecule has 0 heterocycles. The van der Waals surface area contributed by atoms with Gasteiger partial charge in [-0.1, -0.05) is 11.6 Å². The molecule has 1 aromatic carbocycles. The standard InChI is InChI=1S/C7H2ClN2O2/c8-7-3-6(10(11)12)2-1-5(7)4-9/h1,3H. The molecule has 1 rings (SSSR count). The van der Waals surface area contributed by atoms with Gasteiger partial charge in [0.2, 0.25) is 0 Å². The van der Waals surface area contributed by atoms with E-state index in [1.165, 1.54) is 6.07 Å². The third-order valence-electron chi connectivity index (χ3n) is 1.20. The van der Waals surface area contributed by atoms with Crippen molar-refractivity contribution in [2.24, 2.45) is 0 Å². The van der Waals surface area contributed by atoms with Crippen LogP contribution >= 0.6 is 11.6 Å². The minimum absolute atomic E-state index is 0.0722. The van der Waals surface area contributed by atoms with Gasteiger partial charge in [-0.25, -0.2) is 0 Å². The summed E-state index contributed by atoms with van der Waals surface area (Å²) in [7, 11) is 0. The molecule has 0 aromatic heterocycles. The van der Waals surface area contributed by atoms with Crippen molar-refractivity contribution in [3.63, 3.8) is 0 Å². The Hall–Kier alpha value is -1.60. The zero-order chi connectivity index (χ0) is 9.14. The highest BCUT2D eigenvalue weighted by molar-refractivity contribution is 6.31. The summed E-state index contributed by atoms with van der Waals surface area (Å²) in [5.41, 5.74) is -0.0544. The zero-order valence-electron chi connectivity index (χ0n) is 5.74. The van der Waals surface area contributed by atoms with Crippen LogP contribution in [-0.2, 0) is 0 Å². The molecule has 59 valence electrons. The number of nitriles is 1. The molecule has 12 heavy (non-hydrogen) atoms. The van der Waals surface area contributed by atoms with E-state index in [2.05, 4.69) is 6.07 Å². The topological polar surface area (TPSA) is 66.9 Å². The fourth-order valence-corrected chi connectivity index (χ4v) is 0.846. The van der Waals surface area contributed by atoms with E-state index >= 15 is 0 Å². The number of nitro groups is 1. The van der Waals surface area contributed by atoms with Gasteiger partial charge in [0.15, 0.2) is 0 Å². The molecule has 0 saturated heterocycles. The molecule has 4 nitrogen and oxygen atoms in total. The van der Waals surface area contributed by atoms with Crippen LogP contribution in [0, 0.1) is 27.5 Å². The molecule has 0 fully saturated rings. The molecule has 0 spiro atoms. The van der Waals surface area contributed by atoms with E-state index in [0.717, 1.165) is 6.07 Å². The van der Waals surface area contributed by atoms with E-state index in [9.17, 15) is 10.1 Å². The molecule has 0 saturated carbocycles. The number of hydrogen-bond acceptors (Lipinski definition) is 3. The van der Waals surface area contributed by atoms with Gasteiger partial charge < -0.3 is 0 Å². The van der Waals surface area contributed by atoms with Gasteiger partial charge in [-0.15, -0.1) is 0 Å². The van der Waals surface area contributed by atoms with Gasteiger partial charge in [-0.2, -0.15) is 5.26 Å². The number of nitro benzene ring substituents is 1. The van der Waals surface area contributed by atoms with Gasteiger partial charge in [0.25, 0.3) is 5.69 Å². The van der Waals surface area contributed by atoms with E-state index in [4.69, 9.17) is 16.9 Å². The molecular formula is C7H2ClN2O2. The van der Waals surface area contributed by atoms with E-state index < -0.39 is 4.92 Å². The predicted octanol–water partition coefficient (Wildman–Crippen LogP) is 1.92. The summed E-state index contributed by atoms with van der Waals surface area (Å²) in [6, 6.07) is 6.39. The van der Waals surface area contributed by atoms with Crippen LogP contribution in [0.15, 0.2) is 12.1 Å². The average Bonchev–Trinajstić information content (AvgIpc) is 2.04. The number of nitrogens with zero attached hydrogens (tertiary/aromatic N) is 2. The maximum absolute atomic E-state index is 10.2. The Labute approximate surface area is 73.1 Å². The van der Waals surface area contributed by atoms with Crippen LogP contribution in [0.4, 0.5) is 5.69 Å². The third kappa shape index (κ3) is 1.52. The summed E-state index contributed by atoms with van der Waals surface area (Å²) in [5.74, 6) is 0. The first-order chi connectivity index (χ1) is 5.65. The van der Waals surface area contributed by atoms with Crippen LogP contribution < -0.4 is 0 Å². The second kappa shape index (κ2) is 3.20. The van der Waals surface area contributed by atoms with Crippen molar-refractivity contribution in [3.05, 3.63) is 38.9 Å². The normalized spacial score (nSPS) is 9.00. The van der Waals surface area contributed by atoms with Gasteiger partial charge in [-0.05, 0) is 6.07 Å². The molecule has 0 aliphatic rings. The van der Waals surface area contributed by atoms with Crippen molar-refractivity contribution in [1.29, 1.82) is 5.26 Å². The molecular weight excluding hydrogens is 180 g/mol. The zero-order valence-corrected chi connectivity index (χ0v) is 6.50. The SMILES string of the molecule is N#Cc1c[c]c([N+](=O)[O-])cc1Cl. The monoisotopic (exact) mass is 181 g/mol. The van der Waals surface area contributed by atoms with Crippen LogP contribution in [0.5, 0.6) is 0 Å². The van der Waals surface area contributed by atoms with Crippen LogP contribution in [-0.4, -0.2) is 4.92 Å². The summed E-state index contributed by atoms with van der Waals surface area (Å²) in [6.07, 6.45) is 0. The number of non-ortho nitro benzene ring substituents is 1. The molecule has 5 heteroatoms. The largest absolute Gasteiger partial charge is 0.279 e. The van der Waals surface area contributed by atoms with Gasteiger partial charge in [0.1, 0.15) is 6.07 Å². The van der Waals surface area contributed by atoms with Crippen LogP contribution in [0.25, 0.3) is 0 Å². The Kier molecular flexibility index (Phi) is 2.26. The summed E-state index contributed by atoms with van der Waals surface area (Å²) in [6.45, 7) is 0. The van der Waals surface area contributed by atoms with Crippen molar-refractivity contribution in [1.82, 2.24) is 0 Å². The third-order valence-corrected chi connectivity index (χ3v) is 1.51. The Morgan fingerprint density at radius 1 is 1.75 bits per heavy atom. The van der Waals surface area contributed by atoms with Gasteiger partial charge in [0, 0.05) is 6.07 Å². The number of benzene rings is 1. The second-order valence-electron chi connectivity index (χ2n) is 1.95. The number of rotatable bonds is 1. The fraction of sp³-hybridized carbons (Fsp3) is 0. The highest BCUT2D eigenvalue weighted by Crippen LogP contribution is 2.20. The molecule has 0 bridgehead atoms. The maximum Gasteiger partial charge on any atom is 0.279 e. The minimum atomic E-state index is -0.618. The first kappa shape index (κ1) is 8.50. The quantitative estimate of drug-likeness (QED) is 0.491. The van der Waals surface area contributed by atoms with Crippen molar-refractivity contribution in [2.45, 2.75) is 0 Å². The lowest BCUT2D eigenvalue weighted by Gasteiger charge is -1.92. The van der Waals surface area contributed by atoms with Crippen LogP contribution in [0.1, 0.15) is 5.56 Å². The van der Waals surface area contributed by atoms with Crippen molar-refractivity contribution in [2.75, 3.05) is 0 Å². The van der Waals surface area contributed by atoms with Gasteiger partial charge >= 0.3 is 0 Å². The Bertz CT molecular complexity index is 370. The Balaban J connectivity index is 3.21. The summed E-state index contributed by atoms with van der Waals surface area (Å²) >= 11 is 5.53. The second-order valence-corrected chi connectivity index (χ2v) is 2.36. The smallest absolute Gasteiger partial charge is 0.258 e. The number of halogens is 1. The highest BCUT2D eigenvalue weighted by atomic mass is 35.5. The molecule has 1 aromatic rings. The highest BCUT2D eigenvalue weighted by Gasteiger charge is 2.08. The maximum atomic E-state index is 10.2. The molecule has 0 amide bonds. The first-order valence-corrected chi connectivity index (χ1v) is 3.28. The van der Waals surface area contributed by atoms with Gasteiger partial charge in [0.05, 0.1) is 21.6 Å². The van der Waals surface area contributed by atoms with E-state index in [0.29, 0.717) is 0 Å². The molecule has 0 atom stereocenters. The minimum Gasteiger partial charge on any atom is -0.258 e. The fourth-order valence-electron chi connectivity index (χ4n) is 0.646. The molecule has 0 aliphatic carbocycles. The van der Waals surface area contributed by atoms with Crippen molar-refractivity contribution in [3.8, 4) is 6.07 Å². The lowest BCUT2D eigenvalue weighted by atomic mass is 10.2. The Morgan fingerprint density at radius 3 is 2.83 bits per heavy atom. The number of hydrogen-bond donors (Lipinski definition) is 0. The summed E-state index contributed by atoms with van der Waals surface area (Å²) in [4.78, 5) is 9.57. The molecule has 0 aliphatic heterocycles. The first-order valence-electron chi connectivity index (χ1n) is 2.91. The lowest BCUT2D eigenvalue weighted by molar-refractivity contribution is -0.385. The van der Waals surface area contributed by atoms with Crippen LogP contribution in [0.2, 0.25) is 5.02 Å². The van der Waals surface area contributed by atoms with Crippen molar-refractivity contribution >= 4 is 17.3 Å². The summed E-state index contributed by atoms with van der Waals surface area (Å²) in [5, 5.41) is 18.7. The Morgan fingerprint density at radius 2 is 2.42 bits per heavy atom. The van der Waals surface area contributed by atoms with Crippen LogP contribution in [0.3, 0.4) is 0 Å². The molecule has 1 radical (unpaired) electrons. The molecule has 0 N–H and O–H groups in total. The van der Waals surface area contributed by atoms with Gasteiger partial charge in [-0.3, -0.25) is 10.1 Å². The average molecular weight is 182 g/mol. The van der Waals surface area contributed by atoms with E-state index in [1.807, 2.05) is 0 Å². The lowest BCUT2D eigenvalue weighted by Crippen LogP contribution is -1.88. The van der Waals surface area contributed by atoms with E-state index in [-0.39, 0.29) is 16.3 Å². The summed E-state index contributed by atoms with van der Waals surface area (Å²) < 4.78 is 0. The van der Waals surface area contributed by atoms with Crippen molar-refractivity contribution < 1.29 is 4.92 Å².